The van der Waals surface area contributed by atoms with E-state index in [1.807, 2.05) is 19.3 Å². The van der Waals surface area contributed by atoms with Crippen molar-refractivity contribution in [1.82, 2.24) is 15.3 Å². The van der Waals surface area contributed by atoms with Crippen molar-refractivity contribution in [3.05, 3.63) is 23.8 Å². The first-order valence-corrected chi connectivity index (χ1v) is 4.85. The zero-order valence-electron chi connectivity index (χ0n) is 8.77. The van der Waals surface area contributed by atoms with Gasteiger partial charge in [-0.2, -0.15) is 0 Å². The minimum Gasteiger partial charge on any atom is -0.317 e. The van der Waals surface area contributed by atoms with Crippen LogP contribution >= 0.6 is 24.8 Å². The Morgan fingerprint density at radius 2 is 1.67 bits per heavy atom. The lowest BCUT2D eigenvalue weighted by atomic mass is 9.97. The van der Waals surface area contributed by atoms with Gasteiger partial charge in [-0.1, -0.05) is 0 Å². The van der Waals surface area contributed by atoms with E-state index in [9.17, 15) is 0 Å². The van der Waals surface area contributed by atoms with E-state index in [-0.39, 0.29) is 24.8 Å². The van der Waals surface area contributed by atoms with Crippen molar-refractivity contribution < 1.29 is 0 Å². The Bertz CT molecular complexity index is 271. The monoisotopic (exact) mass is 249 g/mol. The summed E-state index contributed by atoms with van der Waals surface area (Å²) < 4.78 is 0. The number of rotatable bonds is 1. The summed E-state index contributed by atoms with van der Waals surface area (Å²) in [6.07, 6.45) is 6.15. The third kappa shape index (κ3) is 3.93. The molecule has 1 N–H and O–H groups in total. The predicted octanol–water partition coefficient (Wildman–Crippen LogP) is 2.10. The highest BCUT2D eigenvalue weighted by Crippen LogP contribution is 2.21. The maximum atomic E-state index is 4.36. The predicted molar refractivity (Wildman–Crippen MR) is 66.1 cm³/mol. The van der Waals surface area contributed by atoms with Crippen molar-refractivity contribution in [2.24, 2.45) is 0 Å². The quantitative estimate of drug-likeness (QED) is 0.829. The maximum absolute atomic E-state index is 4.36. The number of aromatic nitrogens is 2. The Morgan fingerprint density at radius 3 is 2.20 bits per heavy atom. The van der Waals surface area contributed by atoms with Gasteiger partial charge in [0, 0.05) is 18.3 Å². The number of hydrogen-bond donors (Lipinski definition) is 1. The molecule has 0 aliphatic carbocycles. The molecule has 3 nitrogen and oxygen atoms in total. The van der Waals surface area contributed by atoms with Gasteiger partial charge < -0.3 is 5.32 Å². The summed E-state index contributed by atoms with van der Waals surface area (Å²) in [5, 5.41) is 3.34. The molecule has 0 saturated carbocycles. The number of piperidine rings is 1. The van der Waals surface area contributed by atoms with Crippen LogP contribution in [0.25, 0.3) is 0 Å². The first-order chi connectivity index (χ1) is 6.36. The lowest BCUT2D eigenvalue weighted by Gasteiger charge is -2.20. The van der Waals surface area contributed by atoms with Gasteiger partial charge in [-0.25, -0.2) is 9.97 Å². The highest BCUT2D eigenvalue weighted by molar-refractivity contribution is 5.85. The molecule has 0 atom stereocenters. The molecule has 0 unspecified atom stereocenters. The number of hydrogen-bond acceptors (Lipinski definition) is 3. The van der Waals surface area contributed by atoms with E-state index in [4.69, 9.17) is 0 Å². The average molecular weight is 250 g/mol. The van der Waals surface area contributed by atoms with E-state index >= 15 is 0 Å². The van der Waals surface area contributed by atoms with Gasteiger partial charge >= 0.3 is 0 Å². The Morgan fingerprint density at radius 1 is 1.13 bits per heavy atom. The van der Waals surface area contributed by atoms with Crippen LogP contribution < -0.4 is 5.32 Å². The molecule has 1 aliphatic heterocycles. The lowest BCUT2D eigenvalue weighted by Crippen LogP contribution is -2.27. The third-order valence-corrected chi connectivity index (χ3v) is 2.51. The minimum atomic E-state index is 0. The highest BCUT2D eigenvalue weighted by atomic mass is 35.5. The summed E-state index contributed by atoms with van der Waals surface area (Å²) in [7, 11) is 0. The van der Waals surface area contributed by atoms with E-state index in [0.29, 0.717) is 5.92 Å². The first-order valence-electron chi connectivity index (χ1n) is 4.85. The molecule has 2 rings (SSSR count). The summed E-state index contributed by atoms with van der Waals surface area (Å²) in [6, 6.07) is 0. The molecule has 1 fully saturated rings. The third-order valence-electron chi connectivity index (χ3n) is 2.51. The normalized spacial score (nSPS) is 16.3. The van der Waals surface area contributed by atoms with Crippen molar-refractivity contribution in [3.63, 3.8) is 0 Å². The first kappa shape index (κ1) is 14.6. The second-order valence-electron chi connectivity index (χ2n) is 3.64. The van der Waals surface area contributed by atoms with Gasteiger partial charge in [0.05, 0.1) is 0 Å². The van der Waals surface area contributed by atoms with Gasteiger partial charge in [-0.3, -0.25) is 0 Å². The minimum absolute atomic E-state index is 0. The van der Waals surface area contributed by atoms with Crippen molar-refractivity contribution in [2.75, 3.05) is 13.1 Å². The molecule has 1 aliphatic rings. The molecule has 15 heavy (non-hydrogen) atoms. The fraction of sp³-hybridized carbons (Fsp3) is 0.600. The summed E-state index contributed by atoms with van der Waals surface area (Å²) in [5.74, 6) is 1.59. The largest absolute Gasteiger partial charge is 0.317 e. The van der Waals surface area contributed by atoms with Crippen LogP contribution in [0.5, 0.6) is 0 Å². The van der Waals surface area contributed by atoms with Crippen LogP contribution in [-0.4, -0.2) is 23.1 Å². The molecular formula is C10H17Cl2N3. The van der Waals surface area contributed by atoms with Crippen molar-refractivity contribution in [2.45, 2.75) is 25.7 Å². The zero-order valence-corrected chi connectivity index (χ0v) is 10.4. The molecule has 0 aromatic carbocycles. The van der Waals surface area contributed by atoms with Crippen LogP contribution in [0.4, 0.5) is 0 Å². The molecular weight excluding hydrogens is 233 g/mol. The molecule has 5 heteroatoms. The Balaban J connectivity index is 0.000000980. The molecule has 1 aromatic rings. The second kappa shape index (κ2) is 6.99. The Labute approximate surface area is 103 Å². The number of nitrogens with one attached hydrogen (secondary N) is 1. The molecule has 0 radical (unpaired) electrons. The second-order valence-corrected chi connectivity index (χ2v) is 3.64. The van der Waals surface area contributed by atoms with Crippen molar-refractivity contribution in [3.8, 4) is 0 Å². The van der Waals surface area contributed by atoms with Gasteiger partial charge in [0.2, 0.25) is 0 Å². The number of nitrogens with zero attached hydrogens (tertiary/aromatic N) is 2. The van der Waals surface area contributed by atoms with E-state index in [2.05, 4.69) is 15.3 Å². The summed E-state index contributed by atoms with van der Waals surface area (Å²) in [4.78, 5) is 8.73. The van der Waals surface area contributed by atoms with Gasteiger partial charge in [0.1, 0.15) is 5.82 Å². The summed E-state index contributed by atoms with van der Waals surface area (Å²) >= 11 is 0. The summed E-state index contributed by atoms with van der Waals surface area (Å²) in [6.45, 7) is 4.22. The standard InChI is InChI=1S/C10H15N3.2ClH/c1-8-6-12-10(13-7-8)9-2-4-11-5-3-9;;/h6-7,9,11H,2-5H2,1H3;2*1H. The van der Waals surface area contributed by atoms with Crippen LogP contribution in [-0.2, 0) is 0 Å². The van der Waals surface area contributed by atoms with Gasteiger partial charge in [-0.05, 0) is 38.4 Å². The van der Waals surface area contributed by atoms with Gasteiger partial charge in [0.15, 0.2) is 0 Å². The van der Waals surface area contributed by atoms with Crippen LogP contribution in [0, 0.1) is 6.92 Å². The van der Waals surface area contributed by atoms with Crippen molar-refractivity contribution in [1.29, 1.82) is 0 Å². The molecule has 1 saturated heterocycles. The van der Waals surface area contributed by atoms with Crippen molar-refractivity contribution >= 4 is 24.8 Å². The van der Waals surface area contributed by atoms with E-state index in [0.717, 1.165) is 24.5 Å². The summed E-state index contributed by atoms with van der Waals surface area (Å²) in [5.41, 5.74) is 1.14. The fourth-order valence-corrected chi connectivity index (χ4v) is 1.69. The maximum Gasteiger partial charge on any atom is 0.131 e. The smallest absolute Gasteiger partial charge is 0.131 e. The molecule has 1 aromatic heterocycles. The SMILES string of the molecule is Cc1cnc(C2CCNCC2)nc1.Cl.Cl. The zero-order chi connectivity index (χ0) is 9.10. The molecule has 86 valence electrons. The lowest BCUT2D eigenvalue weighted by molar-refractivity contribution is 0.444. The highest BCUT2D eigenvalue weighted by Gasteiger charge is 2.16. The molecule has 0 bridgehead atoms. The number of halogens is 2. The average Bonchev–Trinajstić information content (AvgIpc) is 2.20. The van der Waals surface area contributed by atoms with E-state index in [1.54, 1.807) is 0 Å². The van der Waals surface area contributed by atoms with Crippen LogP contribution in [0.2, 0.25) is 0 Å². The molecule has 0 spiro atoms. The van der Waals surface area contributed by atoms with E-state index in [1.165, 1.54) is 12.8 Å². The van der Waals surface area contributed by atoms with Gasteiger partial charge in [0.25, 0.3) is 0 Å². The fourth-order valence-electron chi connectivity index (χ4n) is 1.69. The molecule has 2 heterocycles. The van der Waals surface area contributed by atoms with Crippen LogP contribution in [0.1, 0.15) is 30.1 Å². The Hall–Kier alpha value is -0.380. The van der Waals surface area contributed by atoms with Gasteiger partial charge in [-0.15, -0.1) is 24.8 Å². The van der Waals surface area contributed by atoms with Crippen LogP contribution in [0.15, 0.2) is 12.4 Å². The number of aryl methyl sites for hydroxylation is 1. The molecule has 0 amide bonds. The Kier molecular flexibility index (Phi) is 6.81. The topological polar surface area (TPSA) is 37.8 Å². The van der Waals surface area contributed by atoms with E-state index < -0.39 is 0 Å². The van der Waals surface area contributed by atoms with Crippen LogP contribution in [0.3, 0.4) is 0 Å².